The minimum Gasteiger partial charge on any atom is -0.392 e. The highest BCUT2D eigenvalue weighted by atomic mass is 32.2. The smallest absolute Gasteiger partial charge is 0.306 e. The molecule has 1 N–H and O–H groups in total. The van der Waals surface area contributed by atoms with Crippen molar-refractivity contribution in [2.24, 2.45) is 0 Å². The van der Waals surface area contributed by atoms with E-state index in [9.17, 15) is 32.4 Å². The molecule has 10 heteroatoms. The fraction of sp³-hybridized carbons (Fsp3) is 0.455. The predicted molar refractivity (Wildman–Crippen MR) is 67.0 cm³/mol. The third-order valence-corrected chi connectivity index (χ3v) is 5.06. The van der Waals surface area contributed by atoms with Gasteiger partial charge in [-0.05, 0) is 12.8 Å². The number of sulfonamides is 1. The van der Waals surface area contributed by atoms with Crippen molar-refractivity contribution >= 4 is 15.7 Å². The molecule has 0 spiro atoms. The average Bonchev–Trinajstić information content (AvgIpc) is 2.37. The number of hydrogen-bond donors (Lipinski definition) is 1. The molecule has 7 nitrogen and oxygen atoms in total. The number of aliphatic hydroxyl groups excluding tert-OH is 1. The second kappa shape index (κ2) is 5.62. The lowest BCUT2D eigenvalue weighted by atomic mass is 10.1. The lowest BCUT2D eigenvalue weighted by Crippen LogP contribution is -2.42. The van der Waals surface area contributed by atoms with Crippen LogP contribution in [0, 0.1) is 21.7 Å². The number of β-amino-alcohol motifs (C(OH)–C–C–N with tert-alkyl or cyclic N) is 1. The molecule has 0 aliphatic carbocycles. The van der Waals surface area contributed by atoms with E-state index < -0.39 is 43.3 Å². The van der Waals surface area contributed by atoms with Crippen LogP contribution in [0.2, 0.25) is 0 Å². The van der Waals surface area contributed by atoms with Crippen LogP contribution in [0.15, 0.2) is 17.0 Å². The Morgan fingerprint density at radius 3 is 2.57 bits per heavy atom. The maximum atomic E-state index is 13.7. The van der Waals surface area contributed by atoms with E-state index in [1.807, 2.05) is 0 Å². The van der Waals surface area contributed by atoms with Gasteiger partial charge >= 0.3 is 5.69 Å². The zero-order valence-electron chi connectivity index (χ0n) is 10.7. The van der Waals surface area contributed by atoms with Crippen LogP contribution in [0.3, 0.4) is 0 Å². The lowest BCUT2D eigenvalue weighted by Gasteiger charge is -2.29. The molecule has 1 saturated heterocycles. The lowest BCUT2D eigenvalue weighted by molar-refractivity contribution is -0.387. The van der Waals surface area contributed by atoms with Gasteiger partial charge in [0.2, 0.25) is 15.8 Å². The fourth-order valence-corrected chi connectivity index (χ4v) is 3.72. The van der Waals surface area contributed by atoms with Crippen molar-refractivity contribution in [2.75, 3.05) is 13.1 Å². The summed E-state index contributed by atoms with van der Waals surface area (Å²) in [6.07, 6.45) is -0.0874. The Bertz CT molecular complexity index is 679. The Morgan fingerprint density at radius 1 is 1.33 bits per heavy atom. The number of benzene rings is 1. The van der Waals surface area contributed by atoms with Crippen molar-refractivity contribution < 1.29 is 27.2 Å². The summed E-state index contributed by atoms with van der Waals surface area (Å²) in [4.78, 5) is 8.54. The normalized spacial score (nSPS) is 20.4. The second-order valence-electron chi connectivity index (χ2n) is 4.65. The van der Waals surface area contributed by atoms with Gasteiger partial charge in [-0.15, -0.1) is 0 Å². The van der Waals surface area contributed by atoms with Crippen molar-refractivity contribution in [3.8, 4) is 0 Å². The Kier molecular flexibility index (Phi) is 4.21. The van der Waals surface area contributed by atoms with Crippen LogP contribution in [0.5, 0.6) is 0 Å². The number of piperidine rings is 1. The number of halogens is 2. The number of rotatable bonds is 3. The maximum absolute atomic E-state index is 13.7. The summed E-state index contributed by atoms with van der Waals surface area (Å²) in [5, 5.41) is 20.1. The molecule has 0 aromatic heterocycles. The van der Waals surface area contributed by atoms with Gasteiger partial charge in [0, 0.05) is 25.2 Å². The molecule has 0 saturated carbocycles. The highest BCUT2D eigenvalue weighted by Gasteiger charge is 2.34. The van der Waals surface area contributed by atoms with Crippen LogP contribution in [0.4, 0.5) is 14.5 Å². The first kappa shape index (κ1) is 15.7. The first-order valence-electron chi connectivity index (χ1n) is 6.05. The van der Waals surface area contributed by atoms with Gasteiger partial charge in [0.15, 0.2) is 0 Å². The zero-order chi connectivity index (χ0) is 15.8. The minimum atomic E-state index is -4.37. The van der Waals surface area contributed by atoms with Crippen LogP contribution < -0.4 is 0 Å². The summed E-state index contributed by atoms with van der Waals surface area (Å²) in [6.45, 7) is -0.170. The van der Waals surface area contributed by atoms with Crippen molar-refractivity contribution in [1.82, 2.24) is 4.31 Å². The molecule has 21 heavy (non-hydrogen) atoms. The number of nitro benzene ring substituents is 1. The molecular weight excluding hydrogens is 310 g/mol. The SMILES string of the molecule is O=[N+]([O-])c1cc(S(=O)(=O)N2CCC[C@H](O)C2)c(F)cc1F. The van der Waals surface area contributed by atoms with E-state index in [1.165, 1.54) is 0 Å². The Morgan fingerprint density at radius 2 is 2.00 bits per heavy atom. The maximum Gasteiger partial charge on any atom is 0.306 e. The third-order valence-electron chi connectivity index (χ3n) is 3.18. The van der Waals surface area contributed by atoms with E-state index in [0.29, 0.717) is 18.9 Å². The predicted octanol–water partition coefficient (Wildman–Crippen LogP) is 1.02. The van der Waals surface area contributed by atoms with E-state index in [4.69, 9.17) is 0 Å². The van der Waals surface area contributed by atoms with Gasteiger partial charge in [0.25, 0.3) is 0 Å². The molecule has 1 aliphatic heterocycles. The van der Waals surface area contributed by atoms with E-state index >= 15 is 0 Å². The highest BCUT2D eigenvalue weighted by Crippen LogP contribution is 2.28. The molecule has 116 valence electrons. The van der Waals surface area contributed by atoms with E-state index in [-0.39, 0.29) is 19.2 Å². The molecule has 0 unspecified atom stereocenters. The van der Waals surface area contributed by atoms with Crippen molar-refractivity contribution in [2.45, 2.75) is 23.8 Å². The van der Waals surface area contributed by atoms with Crippen molar-refractivity contribution in [1.29, 1.82) is 0 Å². The summed E-state index contributed by atoms with van der Waals surface area (Å²) < 4.78 is 52.3. The van der Waals surface area contributed by atoms with Gasteiger partial charge in [-0.3, -0.25) is 10.1 Å². The molecule has 1 fully saturated rings. The third kappa shape index (κ3) is 3.01. The summed E-state index contributed by atoms with van der Waals surface area (Å²) in [7, 11) is -4.37. The van der Waals surface area contributed by atoms with Crippen LogP contribution in [-0.4, -0.2) is 41.9 Å². The van der Waals surface area contributed by atoms with Crippen LogP contribution in [-0.2, 0) is 10.0 Å². The summed E-state index contributed by atoms with van der Waals surface area (Å²) in [5.74, 6) is -2.85. The van der Waals surface area contributed by atoms with E-state index in [2.05, 4.69) is 0 Å². The van der Waals surface area contributed by atoms with Gasteiger partial charge < -0.3 is 5.11 Å². The number of nitro groups is 1. The van der Waals surface area contributed by atoms with Crippen molar-refractivity contribution in [3.63, 3.8) is 0 Å². The molecule has 1 aromatic rings. The number of aliphatic hydroxyl groups is 1. The Hall–Kier alpha value is -1.65. The quantitative estimate of drug-likeness (QED) is 0.661. The molecule has 0 amide bonds. The number of hydrogen-bond acceptors (Lipinski definition) is 5. The minimum absolute atomic E-state index is 0.0595. The molecule has 0 radical (unpaired) electrons. The molecular formula is C11H12F2N2O5S. The van der Waals surface area contributed by atoms with Gasteiger partial charge in [-0.25, -0.2) is 12.8 Å². The second-order valence-corrected chi connectivity index (χ2v) is 6.56. The largest absolute Gasteiger partial charge is 0.392 e. The molecule has 1 aliphatic rings. The molecule has 1 heterocycles. The molecule has 1 aromatic carbocycles. The van der Waals surface area contributed by atoms with Gasteiger partial charge in [0.05, 0.1) is 11.0 Å². The van der Waals surface area contributed by atoms with Gasteiger partial charge in [-0.2, -0.15) is 8.70 Å². The first-order chi connectivity index (χ1) is 9.73. The fourth-order valence-electron chi connectivity index (χ4n) is 2.13. The summed E-state index contributed by atoms with van der Waals surface area (Å²) >= 11 is 0. The highest BCUT2D eigenvalue weighted by molar-refractivity contribution is 7.89. The van der Waals surface area contributed by atoms with Crippen LogP contribution >= 0.6 is 0 Å². The van der Waals surface area contributed by atoms with Gasteiger partial charge in [0.1, 0.15) is 10.7 Å². The standard InChI is InChI=1S/C11H12F2N2O5S/c12-8-4-9(13)11(5-10(8)15(17)18)21(19,20)14-3-1-2-7(16)6-14/h4-5,7,16H,1-3,6H2/t7-/m0/s1. The van der Waals surface area contributed by atoms with Crippen LogP contribution in [0.25, 0.3) is 0 Å². The Balaban J connectivity index is 2.49. The first-order valence-corrected chi connectivity index (χ1v) is 7.49. The Labute approximate surface area is 119 Å². The van der Waals surface area contributed by atoms with E-state index in [0.717, 1.165) is 4.31 Å². The summed E-state index contributed by atoms with van der Waals surface area (Å²) in [5.41, 5.74) is -1.12. The van der Waals surface area contributed by atoms with Crippen LogP contribution in [0.1, 0.15) is 12.8 Å². The van der Waals surface area contributed by atoms with Crippen molar-refractivity contribution in [3.05, 3.63) is 33.9 Å². The monoisotopic (exact) mass is 322 g/mol. The number of nitrogens with zero attached hydrogens (tertiary/aromatic N) is 2. The molecule has 0 bridgehead atoms. The van der Waals surface area contributed by atoms with Gasteiger partial charge in [-0.1, -0.05) is 0 Å². The summed E-state index contributed by atoms with van der Waals surface area (Å²) in [6, 6.07) is 0.534. The van der Waals surface area contributed by atoms with E-state index in [1.54, 1.807) is 0 Å². The average molecular weight is 322 g/mol. The molecule has 1 atom stereocenters. The topological polar surface area (TPSA) is 101 Å². The molecule has 2 rings (SSSR count). The zero-order valence-corrected chi connectivity index (χ0v) is 11.5.